The number of hydrogen-bond acceptors (Lipinski definition) is 3. The number of allylic oxidation sites excluding steroid dienone is 1. The van der Waals surface area contributed by atoms with Crippen LogP contribution in [-0.2, 0) is 9.47 Å². The van der Waals surface area contributed by atoms with Gasteiger partial charge in [-0.05, 0) is 12.7 Å². The van der Waals surface area contributed by atoms with Crippen LogP contribution in [-0.4, -0.2) is 19.5 Å². The van der Waals surface area contributed by atoms with Gasteiger partial charge in [-0.3, -0.25) is 0 Å². The summed E-state index contributed by atoms with van der Waals surface area (Å²) in [5, 5.41) is 0. The van der Waals surface area contributed by atoms with Gasteiger partial charge in [0.05, 0.1) is 0 Å². The first-order valence-electron chi connectivity index (χ1n) is 4.01. The van der Waals surface area contributed by atoms with Crippen LogP contribution in [0.15, 0.2) is 23.0 Å². The standard InChI is InChI=1S/C9H14O2S/c1-4-8(12-3)9-7(2)10-5-6-11-9/h2,4-6H2,1,3H3/b9-8+. The maximum atomic E-state index is 5.47. The van der Waals surface area contributed by atoms with Crippen molar-refractivity contribution in [1.29, 1.82) is 0 Å². The molecule has 0 aromatic carbocycles. The number of ether oxygens (including phenoxy) is 2. The lowest BCUT2D eigenvalue weighted by Crippen LogP contribution is -2.14. The van der Waals surface area contributed by atoms with Crippen molar-refractivity contribution in [3.8, 4) is 0 Å². The van der Waals surface area contributed by atoms with Crippen LogP contribution in [0.2, 0.25) is 0 Å². The molecule has 1 saturated heterocycles. The molecule has 0 bridgehead atoms. The van der Waals surface area contributed by atoms with Crippen LogP contribution in [0.25, 0.3) is 0 Å². The SMILES string of the molecule is C=C1OCCO/C1=C(\CC)SC. The minimum absolute atomic E-state index is 0.619. The lowest BCUT2D eigenvalue weighted by molar-refractivity contribution is 0.0595. The summed E-state index contributed by atoms with van der Waals surface area (Å²) >= 11 is 1.69. The lowest BCUT2D eigenvalue weighted by atomic mass is 10.3. The highest BCUT2D eigenvalue weighted by Crippen LogP contribution is 2.28. The van der Waals surface area contributed by atoms with Crippen LogP contribution in [0.3, 0.4) is 0 Å². The molecule has 1 rings (SSSR count). The van der Waals surface area contributed by atoms with E-state index in [0.29, 0.717) is 19.0 Å². The molecule has 68 valence electrons. The predicted octanol–water partition coefficient (Wildman–Crippen LogP) is 2.53. The molecule has 1 heterocycles. The van der Waals surface area contributed by atoms with Crippen LogP contribution < -0.4 is 0 Å². The molecule has 0 radical (unpaired) electrons. The second-order valence-electron chi connectivity index (χ2n) is 2.43. The van der Waals surface area contributed by atoms with Gasteiger partial charge in [0.15, 0.2) is 11.5 Å². The van der Waals surface area contributed by atoms with Gasteiger partial charge in [0.25, 0.3) is 0 Å². The summed E-state index contributed by atoms with van der Waals surface area (Å²) in [5.74, 6) is 1.52. The Morgan fingerprint density at radius 1 is 1.50 bits per heavy atom. The van der Waals surface area contributed by atoms with Crippen molar-refractivity contribution < 1.29 is 9.47 Å². The lowest BCUT2D eigenvalue weighted by Gasteiger charge is -2.21. The monoisotopic (exact) mass is 186 g/mol. The molecule has 1 fully saturated rings. The number of thioether (sulfide) groups is 1. The van der Waals surface area contributed by atoms with E-state index in [4.69, 9.17) is 9.47 Å². The Morgan fingerprint density at radius 2 is 2.17 bits per heavy atom. The van der Waals surface area contributed by atoms with Gasteiger partial charge in [0, 0.05) is 4.91 Å². The molecular weight excluding hydrogens is 172 g/mol. The fraction of sp³-hybridized carbons (Fsp3) is 0.556. The van der Waals surface area contributed by atoms with E-state index in [1.54, 1.807) is 11.8 Å². The van der Waals surface area contributed by atoms with Gasteiger partial charge in [0.2, 0.25) is 0 Å². The van der Waals surface area contributed by atoms with E-state index < -0.39 is 0 Å². The van der Waals surface area contributed by atoms with Gasteiger partial charge in [-0.2, -0.15) is 0 Å². The Morgan fingerprint density at radius 3 is 2.67 bits per heavy atom. The Balaban J connectivity index is 2.80. The first kappa shape index (κ1) is 9.52. The molecule has 0 aromatic heterocycles. The molecule has 2 nitrogen and oxygen atoms in total. The van der Waals surface area contributed by atoms with Crippen LogP contribution in [0.5, 0.6) is 0 Å². The van der Waals surface area contributed by atoms with Crippen molar-refractivity contribution in [2.24, 2.45) is 0 Å². The van der Waals surface area contributed by atoms with E-state index in [1.165, 1.54) is 4.91 Å². The van der Waals surface area contributed by atoms with Crippen molar-refractivity contribution in [1.82, 2.24) is 0 Å². The zero-order valence-corrected chi connectivity index (χ0v) is 8.37. The highest BCUT2D eigenvalue weighted by molar-refractivity contribution is 8.02. The summed E-state index contributed by atoms with van der Waals surface area (Å²) in [6.07, 6.45) is 3.01. The Kier molecular flexibility index (Phi) is 3.53. The third kappa shape index (κ3) is 1.97. The van der Waals surface area contributed by atoms with E-state index in [1.807, 2.05) is 6.26 Å². The van der Waals surface area contributed by atoms with Crippen molar-refractivity contribution in [3.05, 3.63) is 23.0 Å². The first-order valence-corrected chi connectivity index (χ1v) is 5.24. The molecule has 0 saturated carbocycles. The van der Waals surface area contributed by atoms with Crippen molar-refractivity contribution in [3.63, 3.8) is 0 Å². The van der Waals surface area contributed by atoms with Gasteiger partial charge in [-0.25, -0.2) is 0 Å². The summed E-state index contributed by atoms with van der Waals surface area (Å²) in [7, 11) is 0. The Bertz CT molecular complexity index is 203. The molecule has 1 aliphatic heterocycles. The van der Waals surface area contributed by atoms with Gasteiger partial charge in [0.1, 0.15) is 13.2 Å². The molecule has 3 heteroatoms. The van der Waals surface area contributed by atoms with Crippen molar-refractivity contribution in [2.45, 2.75) is 13.3 Å². The summed E-state index contributed by atoms with van der Waals surface area (Å²) in [6, 6.07) is 0. The first-order chi connectivity index (χ1) is 5.79. The van der Waals surface area contributed by atoms with Gasteiger partial charge in [-0.1, -0.05) is 13.5 Å². The highest BCUT2D eigenvalue weighted by Gasteiger charge is 2.15. The maximum Gasteiger partial charge on any atom is 0.170 e. The van der Waals surface area contributed by atoms with Crippen LogP contribution in [0.4, 0.5) is 0 Å². The fourth-order valence-electron chi connectivity index (χ4n) is 1.09. The molecule has 0 atom stereocenters. The second-order valence-corrected chi connectivity index (χ2v) is 3.33. The van der Waals surface area contributed by atoms with Gasteiger partial charge in [-0.15, -0.1) is 11.8 Å². The maximum absolute atomic E-state index is 5.47. The van der Waals surface area contributed by atoms with Gasteiger partial charge >= 0.3 is 0 Å². The van der Waals surface area contributed by atoms with E-state index >= 15 is 0 Å². The minimum atomic E-state index is 0.619. The summed E-state index contributed by atoms with van der Waals surface area (Å²) in [6.45, 7) is 7.15. The van der Waals surface area contributed by atoms with Crippen LogP contribution in [0, 0.1) is 0 Å². The van der Waals surface area contributed by atoms with Crippen molar-refractivity contribution >= 4 is 11.8 Å². The van der Waals surface area contributed by atoms with Crippen LogP contribution in [0.1, 0.15) is 13.3 Å². The molecule has 12 heavy (non-hydrogen) atoms. The van der Waals surface area contributed by atoms with E-state index in [0.717, 1.165) is 12.2 Å². The average Bonchev–Trinajstić information content (AvgIpc) is 2.10. The van der Waals surface area contributed by atoms with Crippen LogP contribution >= 0.6 is 11.8 Å². The molecule has 0 unspecified atom stereocenters. The quantitative estimate of drug-likeness (QED) is 0.660. The summed E-state index contributed by atoms with van der Waals surface area (Å²) in [5.41, 5.74) is 0. The van der Waals surface area contributed by atoms with Gasteiger partial charge < -0.3 is 9.47 Å². The van der Waals surface area contributed by atoms with Crippen molar-refractivity contribution in [2.75, 3.05) is 19.5 Å². The third-order valence-corrected chi connectivity index (χ3v) is 2.65. The topological polar surface area (TPSA) is 18.5 Å². The number of hydrogen-bond donors (Lipinski definition) is 0. The highest BCUT2D eigenvalue weighted by atomic mass is 32.2. The molecule has 0 spiro atoms. The molecule has 0 N–H and O–H groups in total. The smallest absolute Gasteiger partial charge is 0.170 e. The Hall–Kier alpha value is -0.570. The molecular formula is C9H14O2S. The molecule has 0 amide bonds. The summed E-state index contributed by atoms with van der Waals surface area (Å²) < 4.78 is 10.8. The predicted molar refractivity (Wildman–Crippen MR) is 51.9 cm³/mol. The normalized spacial score (nSPS) is 21.3. The van der Waals surface area contributed by atoms with E-state index in [2.05, 4.69) is 13.5 Å². The molecule has 1 aliphatic rings. The fourth-order valence-corrected chi connectivity index (χ4v) is 1.74. The zero-order chi connectivity index (χ0) is 8.97. The van der Waals surface area contributed by atoms with E-state index in [-0.39, 0.29) is 0 Å². The Labute approximate surface area is 77.6 Å². The molecule has 0 aromatic rings. The summed E-state index contributed by atoms with van der Waals surface area (Å²) in [4.78, 5) is 1.21. The third-order valence-electron chi connectivity index (χ3n) is 1.68. The largest absolute Gasteiger partial charge is 0.487 e. The minimum Gasteiger partial charge on any atom is -0.487 e. The molecule has 0 aliphatic carbocycles. The number of rotatable bonds is 2. The van der Waals surface area contributed by atoms with E-state index in [9.17, 15) is 0 Å². The average molecular weight is 186 g/mol. The zero-order valence-electron chi connectivity index (χ0n) is 7.55. The second kappa shape index (κ2) is 4.45.